The Balaban J connectivity index is 1.66. The maximum absolute atomic E-state index is 13.8. The zero-order chi connectivity index (χ0) is 28.7. The summed E-state index contributed by atoms with van der Waals surface area (Å²) in [7, 11) is 0. The first-order valence-electron chi connectivity index (χ1n) is 12.4. The molecule has 5 rings (SSSR count). The number of benzene rings is 2. The largest absolute Gasteiger partial charge is 0.463 e. The van der Waals surface area contributed by atoms with Gasteiger partial charge in [-0.15, -0.1) is 0 Å². The van der Waals surface area contributed by atoms with Crippen molar-refractivity contribution in [1.29, 1.82) is 0 Å². The second-order valence-electron chi connectivity index (χ2n) is 9.27. The summed E-state index contributed by atoms with van der Waals surface area (Å²) in [6, 6.07) is 13.2. The van der Waals surface area contributed by atoms with Gasteiger partial charge in [0.1, 0.15) is 11.5 Å². The SMILES string of the molecule is CCOC(=O)C1=C(C)N=c2s/c(=C/c3ccc(-c4ccc(C)c(Br)c4)o3)c(=O)n2[C@H]1c1ccc(C)c([N+](=O)[O-])c1. The molecule has 2 aromatic heterocycles. The number of nitro benzene ring substituents is 1. The summed E-state index contributed by atoms with van der Waals surface area (Å²) in [6.45, 7) is 7.10. The van der Waals surface area contributed by atoms with Crippen molar-refractivity contribution >= 4 is 45.0 Å². The van der Waals surface area contributed by atoms with Crippen molar-refractivity contribution in [1.82, 2.24) is 4.57 Å². The number of aryl methyl sites for hydroxylation is 2. The molecular formula is C29H24BrN3O6S. The van der Waals surface area contributed by atoms with Crippen LogP contribution in [0.5, 0.6) is 0 Å². The van der Waals surface area contributed by atoms with Crippen molar-refractivity contribution in [2.24, 2.45) is 4.99 Å². The van der Waals surface area contributed by atoms with Crippen LogP contribution in [0.15, 0.2) is 78.5 Å². The standard InChI is InChI=1S/C29H24BrN3O6S/c1-5-38-28(35)25-17(4)31-29-32(26(25)19-9-7-16(3)22(13-19)33(36)37)27(34)24(40-29)14-20-10-11-23(39-20)18-8-6-15(2)21(30)12-18/h6-14,26H,5H2,1-4H3/b24-14+/t26-/m0/s1. The van der Waals surface area contributed by atoms with E-state index in [1.807, 2.05) is 31.2 Å². The summed E-state index contributed by atoms with van der Waals surface area (Å²) in [5, 5.41) is 11.7. The number of rotatable bonds is 6. The summed E-state index contributed by atoms with van der Waals surface area (Å²) in [6.07, 6.45) is 1.63. The van der Waals surface area contributed by atoms with Gasteiger partial charge in [-0.25, -0.2) is 9.79 Å². The molecule has 204 valence electrons. The summed E-state index contributed by atoms with van der Waals surface area (Å²) in [5.41, 5.74) is 2.89. The summed E-state index contributed by atoms with van der Waals surface area (Å²) < 4.78 is 14.0. The predicted molar refractivity (Wildman–Crippen MR) is 155 cm³/mol. The smallest absolute Gasteiger partial charge is 0.338 e. The number of carbonyl (C=O) groups is 1. The van der Waals surface area contributed by atoms with E-state index < -0.39 is 22.5 Å². The van der Waals surface area contributed by atoms with Crippen LogP contribution >= 0.6 is 27.3 Å². The van der Waals surface area contributed by atoms with Gasteiger partial charge in [0.15, 0.2) is 4.80 Å². The fourth-order valence-corrected chi connectivity index (χ4v) is 5.97. The molecule has 0 radical (unpaired) electrons. The van der Waals surface area contributed by atoms with Crippen LogP contribution in [-0.4, -0.2) is 22.1 Å². The molecule has 0 spiro atoms. The van der Waals surface area contributed by atoms with Gasteiger partial charge in [0.2, 0.25) is 0 Å². The number of aromatic nitrogens is 1. The Morgan fingerprint density at radius 2 is 1.93 bits per heavy atom. The lowest BCUT2D eigenvalue weighted by Crippen LogP contribution is -2.40. The molecule has 4 aromatic rings. The lowest BCUT2D eigenvalue weighted by atomic mass is 9.94. The number of fused-ring (bicyclic) bond motifs is 1. The number of hydrogen-bond acceptors (Lipinski definition) is 8. The topological polar surface area (TPSA) is 117 Å². The third kappa shape index (κ3) is 4.98. The van der Waals surface area contributed by atoms with Gasteiger partial charge in [0.25, 0.3) is 11.2 Å². The molecule has 0 aliphatic carbocycles. The molecule has 11 heteroatoms. The van der Waals surface area contributed by atoms with Crippen LogP contribution in [0.4, 0.5) is 5.69 Å². The molecule has 3 heterocycles. The number of nitro groups is 1. The summed E-state index contributed by atoms with van der Waals surface area (Å²) in [5.74, 6) is 0.483. The normalized spacial score (nSPS) is 15.1. The molecule has 0 fully saturated rings. The molecule has 0 N–H and O–H groups in total. The van der Waals surface area contributed by atoms with E-state index in [1.54, 1.807) is 45.0 Å². The Kier molecular flexibility index (Phi) is 7.43. The Morgan fingerprint density at radius 3 is 2.62 bits per heavy atom. The van der Waals surface area contributed by atoms with Crippen LogP contribution in [-0.2, 0) is 9.53 Å². The first-order valence-corrected chi connectivity index (χ1v) is 14.0. The number of halogens is 1. The van der Waals surface area contributed by atoms with Gasteiger partial charge in [-0.05, 0) is 57.0 Å². The second-order valence-corrected chi connectivity index (χ2v) is 11.1. The molecule has 1 aliphatic rings. The molecule has 1 aliphatic heterocycles. The number of ether oxygens (including phenoxy) is 1. The molecule has 9 nitrogen and oxygen atoms in total. The second kappa shape index (κ2) is 10.8. The zero-order valence-electron chi connectivity index (χ0n) is 22.1. The average Bonchev–Trinajstić information content (AvgIpc) is 3.49. The number of carbonyl (C=O) groups excluding carboxylic acids is 1. The van der Waals surface area contributed by atoms with Crippen molar-refractivity contribution in [3.8, 4) is 11.3 Å². The van der Waals surface area contributed by atoms with E-state index in [9.17, 15) is 19.7 Å². The number of esters is 1. The highest BCUT2D eigenvalue weighted by Gasteiger charge is 2.34. The van der Waals surface area contributed by atoms with Crippen LogP contribution in [0.2, 0.25) is 0 Å². The Bertz CT molecular complexity index is 1900. The van der Waals surface area contributed by atoms with Crippen molar-refractivity contribution < 1.29 is 18.9 Å². The number of nitrogens with zero attached hydrogens (tertiary/aromatic N) is 3. The maximum Gasteiger partial charge on any atom is 0.338 e. The van der Waals surface area contributed by atoms with Gasteiger partial charge < -0.3 is 9.15 Å². The third-order valence-corrected chi connectivity index (χ3v) is 8.46. The minimum atomic E-state index is -0.950. The van der Waals surface area contributed by atoms with Gasteiger partial charge in [-0.1, -0.05) is 51.5 Å². The molecule has 2 aromatic carbocycles. The Labute approximate surface area is 241 Å². The fraction of sp³-hybridized carbons (Fsp3) is 0.207. The average molecular weight is 622 g/mol. The quantitative estimate of drug-likeness (QED) is 0.163. The molecule has 0 saturated heterocycles. The minimum Gasteiger partial charge on any atom is -0.463 e. The molecular weight excluding hydrogens is 598 g/mol. The van der Waals surface area contributed by atoms with E-state index in [1.165, 1.54) is 10.6 Å². The highest BCUT2D eigenvalue weighted by Crippen LogP contribution is 2.33. The first-order chi connectivity index (χ1) is 19.1. The van der Waals surface area contributed by atoms with Crippen LogP contribution in [0.1, 0.15) is 42.3 Å². The highest BCUT2D eigenvalue weighted by molar-refractivity contribution is 9.10. The van der Waals surface area contributed by atoms with E-state index >= 15 is 0 Å². The highest BCUT2D eigenvalue weighted by atomic mass is 79.9. The van der Waals surface area contributed by atoms with Crippen LogP contribution in [0.3, 0.4) is 0 Å². The Morgan fingerprint density at radius 1 is 1.18 bits per heavy atom. The molecule has 0 amide bonds. The number of allylic oxidation sites excluding steroid dienone is 1. The van der Waals surface area contributed by atoms with Crippen molar-refractivity contribution in [2.45, 2.75) is 33.7 Å². The van der Waals surface area contributed by atoms with Gasteiger partial charge >= 0.3 is 5.97 Å². The van der Waals surface area contributed by atoms with Crippen LogP contribution in [0.25, 0.3) is 17.4 Å². The van der Waals surface area contributed by atoms with Gasteiger partial charge in [0, 0.05) is 27.7 Å². The van der Waals surface area contributed by atoms with E-state index in [-0.39, 0.29) is 17.9 Å². The number of furan rings is 1. The maximum atomic E-state index is 13.8. The van der Waals surface area contributed by atoms with Crippen molar-refractivity contribution in [3.63, 3.8) is 0 Å². The van der Waals surface area contributed by atoms with Crippen LogP contribution in [0, 0.1) is 24.0 Å². The van der Waals surface area contributed by atoms with Gasteiger partial charge in [0.05, 0.1) is 33.4 Å². The molecule has 40 heavy (non-hydrogen) atoms. The van der Waals surface area contributed by atoms with E-state index in [0.717, 1.165) is 26.9 Å². The number of hydrogen-bond donors (Lipinski definition) is 0. The third-order valence-electron chi connectivity index (χ3n) is 6.62. The van der Waals surface area contributed by atoms with E-state index in [2.05, 4.69) is 20.9 Å². The summed E-state index contributed by atoms with van der Waals surface area (Å²) in [4.78, 5) is 43.0. The first kappa shape index (κ1) is 27.5. The van der Waals surface area contributed by atoms with Gasteiger partial charge in [-0.3, -0.25) is 19.5 Å². The van der Waals surface area contributed by atoms with E-state index in [0.29, 0.717) is 37.7 Å². The zero-order valence-corrected chi connectivity index (χ0v) is 24.5. The van der Waals surface area contributed by atoms with Gasteiger partial charge in [-0.2, -0.15) is 0 Å². The predicted octanol–water partition coefficient (Wildman–Crippen LogP) is 5.35. The molecule has 0 saturated carbocycles. The lowest BCUT2D eigenvalue weighted by molar-refractivity contribution is -0.385. The van der Waals surface area contributed by atoms with Crippen molar-refractivity contribution in [3.05, 3.63) is 117 Å². The monoisotopic (exact) mass is 621 g/mol. The minimum absolute atomic E-state index is 0.108. The molecule has 1 atom stereocenters. The van der Waals surface area contributed by atoms with E-state index in [4.69, 9.17) is 9.15 Å². The molecule has 0 unspecified atom stereocenters. The Hall–Kier alpha value is -4.09. The summed E-state index contributed by atoms with van der Waals surface area (Å²) >= 11 is 4.69. The molecule has 0 bridgehead atoms. The van der Waals surface area contributed by atoms with Crippen molar-refractivity contribution in [2.75, 3.05) is 6.61 Å². The fourth-order valence-electron chi connectivity index (χ4n) is 4.56. The lowest BCUT2D eigenvalue weighted by Gasteiger charge is -2.24. The van der Waals surface area contributed by atoms with Crippen LogP contribution < -0.4 is 14.9 Å². The number of thiazole rings is 1.